The molecule has 0 aliphatic carbocycles. The summed E-state index contributed by atoms with van der Waals surface area (Å²) in [4.78, 5) is 16.7. The Hall–Kier alpha value is -2.14. The molecule has 6 heteroatoms. The van der Waals surface area contributed by atoms with Crippen molar-refractivity contribution in [1.82, 2.24) is 9.88 Å². The van der Waals surface area contributed by atoms with Gasteiger partial charge in [-0.05, 0) is 30.7 Å². The van der Waals surface area contributed by atoms with Gasteiger partial charge >= 0.3 is 0 Å². The van der Waals surface area contributed by atoms with Crippen LogP contribution in [0.5, 0.6) is 11.5 Å². The lowest BCUT2D eigenvalue weighted by molar-refractivity contribution is 0.0780. The molecule has 1 heterocycles. The van der Waals surface area contributed by atoms with E-state index in [0.29, 0.717) is 35.4 Å². The molecular formula is C16H19ClN2O3. The summed E-state index contributed by atoms with van der Waals surface area (Å²) < 4.78 is 10.8. The summed E-state index contributed by atoms with van der Waals surface area (Å²) in [5.74, 6) is 1.22. The molecule has 0 saturated carbocycles. The zero-order valence-corrected chi connectivity index (χ0v) is 13.6. The van der Waals surface area contributed by atoms with Gasteiger partial charge in [0.1, 0.15) is 5.69 Å². The van der Waals surface area contributed by atoms with E-state index in [1.165, 1.54) is 0 Å². The molecule has 0 radical (unpaired) electrons. The van der Waals surface area contributed by atoms with Crippen molar-refractivity contribution in [1.29, 1.82) is 0 Å². The number of amides is 1. The Morgan fingerprint density at radius 1 is 1.32 bits per heavy atom. The van der Waals surface area contributed by atoms with Gasteiger partial charge in [0.05, 0.1) is 18.7 Å². The number of aromatic nitrogens is 1. The highest BCUT2D eigenvalue weighted by atomic mass is 35.5. The number of H-pyrrole nitrogens is 1. The van der Waals surface area contributed by atoms with E-state index in [2.05, 4.69) is 4.98 Å². The summed E-state index contributed by atoms with van der Waals surface area (Å²) in [7, 11) is 3.33. The SMILES string of the molecule is CCOc1ccc(CN(C)C(=O)c2cc(Cl)c[nH]2)cc1OC. The third-order valence-corrected chi connectivity index (χ3v) is 3.39. The van der Waals surface area contributed by atoms with E-state index in [1.54, 1.807) is 31.3 Å². The smallest absolute Gasteiger partial charge is 0.270 e. The summed E-state index contributed by atoms with van der Waals surface area (Å²) in [6.45, 7) is 2.95. The maximum atomic E-state index is 12.3. The fourth-order valence-electron chi connectivity index (χ4n) is 2.13. The van der Waals surface area contributed by atoms with E-state index in [9.17, 15) is 4.79 Å². The van der Waals surface area contributed by atoms with Crippen LogP contribution in [0, 0.1) is 0 Å². The molecule has 118 valence electrons. The number of nitrogens with one attached hydrogen (secondary N) is 1. The van der Waals surface area contributed by atoms with Crippen molar-refractivity contribution in [3.63, 3.8) is 0 Å². The number of aromatic amines is 1. The second-order valence-electron chi connectivity index (χ2n) is 4.81. The first-order valence-electron chi connectivity index (χ1n) is 6.94. The lowest BCUT2D eigenvalue weighted by Gasteiger charge is -2.18. The minimum Gasteiger partial charge on any atom is -0.493 e. The van der Waals surface area contributed by atoms with Gasteiger partial charge in [-0.3, -0.25) is 4.79 Å². The van der Waals surface area contributed by atoms with Gasteiger partial charge in [-0.25, -0.2) is 0 Å². The number of carbonyl (C=O) groups is 1. The second-order valence-corrected chi connectivity index (χ2v) is 5.25. The Morgan fingerprint density at radius 3 is 2.68 bits per heavy atom. The molecule has 1 N–H and O–H groups in total. The van der Waals surface area contributed by atoms with Gasteiger partial charge in [0.25, 0.3) is 5.91 Å². The van der Waals surface area contributed by atoms with Gasteiger partial charge < -0.3 is 19.4 Å². The Bertz CT molecular complexity index is 655. The normalized spacial score (nSPS) is 10.4. The van der Waals surface area contributed by atoms with Crippen molar-refractivity contribution in [3.05, 3.63) is 46.7 Å². The van der Waals surface area contributed by atoms with Crippen molar-refractivity contribution in [2.75, 3.05) is 20.8 Å². The average Bonchev–Trinajstić information content (AvgIpc) is 2.94. The van der Waals surface area contributed by atoms with E-state index < -0.39 is 0 Å². The van der Waals surface area contributed by atoms with Crippen molar-refractivity contribution in [2.24, 2.45) is 0 Å². The van der Waals surface area contributed by atoms with Gasteiger partial charge in [-0.1, -0.05) is 17.7 Å². The van der Waals surface area contributed by atoms with Crippen LogP contribution in [0.2, 0.25) is 5.02 Å². The predicted octanol–water partition coefficient (Wildman–Crippen LogP) is 3.35. The lowest BCUT2D eigenvalue weighted by Crippen LogP contribution is -2.26. The van der Waals surface area contributed by atoms with E-state index in [4.69, 9.17) is 21.1 Å². The Labute approximate surface area is 134 Å². The average molecular weight is 323 g/mol. The largest absolute Gasteiger partial charge is 0.493 e. The molecule has 0 fully saturated rings. The number of hydrogen-bond donors (Lipinski definition) is 1. The van der Waals surface area contributed by atoms with Crippen LogP contribution in [0.4, 0.5) is 0 Å². The van der Waals surface area contributed by atoms with E-state index in [-0.39, 0.29) is 5.91 Å². The molecule has 0 unspecified atom stereocenters. The highest BCUT2D eigenvalue weighted by molar-refractivity contribution is 6.30. The Kier molecular flexibility index (Phi) is 5.33. The molecule has 1 amide bonds. The van der Waals surface area contributed by atoms with Gasteiger partial charge in [0, 0.05) is 19.8 Å². The van der Waals surface area contributed by atoms with E-state index in [0.717, 1.165) is 5.56 Å². The Balaban J connectivity index is 2.11. The molecule has 0 atom stereocenters. The van der Waals surface area contributed by atoms with E-state index in [1.807, 2.05) is 25.1 Å². The Morgan fingerprint density at radius 2 is 2.09 bits per heavy atom. The number of ether oxygens (including phenoxy) is 2. The molecule has 5 nitrogen and oxygen atoms in total. The fourth-order valence-corrected chi connectivity index (χ4v) is 2.29. The first-order valence-corrected chi connectivity index (χ1v) is 7.32. The highest BCUT2D eigenvalue weighted by Crippen LogP contribution is 2.28. The molecule has 22 heavy (non-hydrogen) atoms. The third-order valence-electron chi connectivity index (χ3n) is 3.17. The number of hydrogen-bond acceptors (Lipinski definition) is 3. The van der Waals surface area contributed by atoms with Gasteiger partial charge in [0.2, 0.25) is 0 Å². The summed E-state index contributed by atoms with van der Waals surface area (Å²) in [5, 5.41) is 0.513. The maximum absolute atomic E-state index is 12.3. The van der Waals surface area contributed by atoms with Crippen LogP contribution in [-0.2, 0) is 6.54 Å². The number of carbonyl (C=O) groups excluding carboxylic acids is 1. The molecule has 0 aliphatic heterocycles. The number of halogens is 1. The minimum absolute atomic E-state index is 0.125. The van der Waals surface area contributed by atoms with Gasteiger partial charge in [-0.2, -0.15) is 0 Å². The number of methoxy groups -OCH3 is 1. The zero-order chi connectivity index (χ0) is 16.1. The minimum atomic E-state index is -0.125. The van der Waals surface area contributed by atoms with Gasteiger partial charge in [0.15, 0.2) is 11.5 Å². The number of rotatable bonds is 6. The van der Waals surface area contributed by atoms with Crippen molar-refractivity contribution in [2.45, 2.75) is 13.5 Å². The van der Waals surface area contributed by atoms with Crippen LogP contribution in [0.1, 0.15) is 23.0 Å². The number of benzene rings is 1. The second kappa shape index (κ2) is 7.22. The summed E-state index contributed by atoms with van der Waals surface area (Å²) in [6, 6.07) is 7.25. The van der Waals surface area contributed by atoms with Crippen LogP contribution in [0.3, 0.4) is 0 Å². The van der Waals surface area contributed by atoms with Crippen LogP contribution in [-0.4, -0.2) is 36.6 Å². The van der Waals surface area contributed by atoms with Crippen molar-refractivity contribution in [3.8, 4) is 11.5 Å². The van der Waals surface area contributed by atoms with Gasteiger partial charge in [-0.15, -0.1) is 0 Å². The van der Waals surface area contributed by atoms with Crippen LogP contribution < -0.4 is 9.47 Å². The third kappa shape index (κ3) is 3.74. The van der Waals surface area contributed by atoms with Crippen LogP contribution >= 0.6 is 11.6 Å². The van der Waals surface area contributed by atoms with Crippen LogP contribution in [0.25, 0.3) is 0 Å². The summed E-state index contributed by atoms with van der Waals surface area (Å²) in [6.07, 6.45) is 1.59. The van der Waals surface area contributed by atoms with Crippen molar-refractivity contribution >= 4 is 17.5 Å². The lowest BCUT2D eigenvalue weighted by atomic mass is 10.2. The first kappa shape index (κ1) is 16.2. The molecule has 2 aromatic rings. The summed E-state index contributed by atoms with van der Waals surface area (Å²) in [5.41, 5.74) is 1.42. The number of nitrogens with zero attached hydrogens (tertiary/aromatic N) is 1. The first-order chi connectivity index (χ1) is 10.5. The standard InChI is InChI=1S/C16H19ClN2O3/c1-4-22-14-6-5-11(7-15(14)21-3)10-19(2)16(20)13-8-12(17)9-18-13/h5-9,18H,4,10H2,1-3H3. The molecular weight excluding hydrogens is 304 g/mol. The topological polar surface area (TPSA) is 54.6 Å². The maximum Gasteiger partial charge on any atom is 0.270 e. The van der Waals surface area contributed by atoms with Crippen LogP contribution in [0.15, 0.2) is 30.5 Å². The molecule has 1 aromatic carbocycles. The molecule has 0 saturated heterocycles. The molecule has 2 rings (SSSR count). The molecule has 0 bridgehead atoms. The highest BCUT2D eigenvalue weighted by Gasteiger charge is 2.15. The molecule has 0 aliphatic rings. The quantitative estimate of drug-likeness (QED) is 0.887. The monoisotopic (exact) mass is 322 g/mol. The van der Waals surface area contributed by atoms with E-state index >= 15 is 0 Å². The summed E-state index contributed by atoms with van der Waals surface area (Å²) >= 11 is 5.82. The van der Waals surface area contributed by atoms with Crippen molar-refractivity contribution < 1.29 is 14.3 Å². The predicted molar refractivity (Wildman–Crippen MR) is 85.8 cm³/mol. The zero-order valence-electron chi connectivity index (χ0n) is 12.9. The fraction of sp³-hybridized carbons (Fsp3) is 0.312. The molecule has 1 aromatic heterocycles. The molecule has 0 spiro atoms.